The van der Waals surface area contributed by atoms with Gasteiger partial charge in [-0.2, -0.15) is 0 Å². The molecule has 0 spiro atoms. The van der Waals surface area contributed by atoms with Crippen molar-refractivity contribution >= 4 is 28.7 Å². The van der Waals surface area contributed by atoms with E-state index >= 15 is 0 Å². The van der Waals surface area contributed by atoms with E-state index in [2.05, 4.69) is 10.3 Å². The van der Waals surface area contributed by atoms with E-state index in [1.54, 1.807) is 6.20 Å². The van der Waals surface area contributed by atoms with Gasteiger partial charge in [0.05, 0.1) is 6.42 Å². The number of rotatable bonds is 7. The van der Waals surface area contributed by atoms with Crippen molar-refractivity contribution in [3.05, 3.63) is 36.0 Å². The van der Waals surface area contributed by atoms with Crippen LogP contribution in [0.3, 0.4) is 0 Å². The van der Waals surface area contributed by atoms with Gasteiger partial charge in [-0.15, -0.1) is 0 Å². The normalized spacial score (nSPS) is 12.0. The lowest BCUT2D eigenvalue weighted by Gasteiger charge is -2.15. The number of aliphatic carboxylic acids is 1. The number of carbonyl (C=O) groups excluding carboxylic acids is 2. The van der Waals surface area contributed by atoms with Gasteiger partial charge in [0.25, 0.3) is 0 Å². The fourth-order valence-electron chi connectivity index (χ4n) is 2.23. The number of H-pyrrole nitrogens is 1. The molecule has 0 aliphatic rings. The molecule has 1 aromatic carbocycles. The Kier molecular flexibility index (Phi) is 4.77. The average molecular weight is 303 g/mol. The first kappa shape index (κ1) is 15.6. The number of benzene rings is 1. The van der Waals surface area contributed by atoms with Gasteiger partial charge in [0.2, 0.25) is 11.8 Å². The van der Waals surface area contributed by atoms with Crippen LogP contribution in [0, 0.1) is 0 Å². The van der Waals surface area contributed by atoms with Crippen LogP contribution < -0.4 is 11.1 Å². The van der Waals surface area contributed by atoms with Crippen LogP contribution in [0.4, 0.5) is 0 Å². The second-order valence-electron chi connectivity index (χ2n) is 4.98. The molecule has 0 aliphatic heterocycles. The van der Waals surface area contributed by atoms with Crippen molar-refractivity contribution in [1.82, 2.24) is 10.3 Å². The van der Waals surface area contributed by atoms with Gasteiger partial charge in [-0.25, -0.2) is 0 Å². The summed E-state index contributed by atoms with van der Waals surface area (Å²) in [5.41, 5.74) is 7.11. The Morgan fingerprint density at radius 2 is 1.95 bits per heavy atom. The zero-order valence-corrected chi connectivity index (χ0v) is 11.8. The highest BCUT2D eigenvalue weighted by atomic mass is 16.4. The molecule has 1 aromatic heterocycles. The lowest BCUT2D eigenvalue weighted by Crippen LogP contribution is -2.45. The number of primary amides is 1. The van der Waals surface area contributed by atoms with Gasteiger partial charge >= 0.3 is 5.97 Å². The lowest BCUT2D eigenvalue weighted by molar-refractivity contribution is -0.139. The van der Waals surface area contributed by atoms with Crippen molar-refractivity contribution < 1.29 is 19.5 Å². The monoisotopic (exact) mass is 303 g/mol. The van der Waals surface area contributed by atoms with E-state index in [0.29, 0.717) is 0 Å². The maximum Gasteiger partial charge on any atom is 0.303 e. The molecule has 2 aromatic rings. The summed E-state index contributed by atoms with van der Waals surface area (Å²) < 4.78 is 0. The second-order valence-corrected chi connectivity index (χ2v) is 4.98. The maximum atomic E-state index is 11.7. The minimum absolute atomic E-state index is 0.188. The highest BCUT2D eigenvalue weighted by Gasteiger charge is 2.20. The molecule has 5 N–H and O–H groups in total. The fourth-order valence-corrected chi connectivity index (χ4v) is 2.23. The number of carboxylic acid groups (broad SMARTS) is 1. The Hall–Kier alpha value is -2.83. The van der Waals surface area contributed by atoms with E-state index in [4.69, 9.17) is 10.8 Å². The number of hydrogen-bond acceptors (Lipinski definition) is 3. The van der Waals surface area contributed by atoms with E-state index in [1.165, 1.54) is 0 Å². The van der Waals surface area contributed by atoms with Gasteiger partial charge < -0.3 is 21.1 Å². The molecule has 0 fully saturated rings. The number of nitrogens with two attached hydrogens (primary N) is 1. The number of aromatic amines is 1. The molecular formula is C15H17N3O4. The first-order valence-corrected chi connectivity index (χ1v) is 6.83. The van der Waals surface area contributed by atoms with E-state index in [1.807, 2.05) is 24.3 Å². The Morgan fingerprint density at radius 3 is 2.64 bits per heavy atom. The molecule has 0 radical (unpaired) electrons. The molecule has 116 valence electrons. The number of para-hydroxylation sites is 1. The number of carboxylic acids is 1. The van der Waals surface area contributed by atoms with Crippen molar-refractivity contribution in [2.45, 2.75) is 25.3 Å². The summed E-state index contributed by atoms with van der Waals surface area (Å²) in [6, 6.07) is 6.71. The summed E-state index contributed by atoms with van der Waals surface area (Å²) in [7, 11) is 0. The van der Waals surface area contributed by atoms with Gasteiger partial charge in [-0.1, -0.05) is 18.2 Å². The van der Waals surface area contributed by atoms with Crippen LogP contribution in [0.1, 0.15) is 18.4 Å². The van der Waals surface area contributed by atoms with Gasteiger partial charge in [-0.05, 0) is 11.6 Å². The maximum absolute atomic E-state index is 11.7. The number of aromatic nitrogens is 1. The van der Waals surface area contributed by atoms with E-state index < -0.39 is 23.8 Å². The molecule has 22 heavy (non-hydrogen) atoms. The summed E-state index contributed by atoms with van der Waals surface area (Å²) in [6.07, 6.45) is 1.54. The molecule has 0 saturated heterocycles. The smallest absolute Gasteiger partial charge is 0.303 e. The molecule has 0 aliphatic carbocycles. The number of nitrogens with one attached hydrogen (secondary N) is 2. The highest BCUT2D eigenvalue weighted by molar-refractivity contribution is 5.89. The summed E-state index contributed by atoms with van der Waals surface area (Å²) in [6.45, 7) is 0. The molecule has 2 amide bonds. The predicted octanol–water partition coefficient (Wildman–Crippen LogP) is 0.545. The van der Waals surface area contributed by atoms with Crippen molar-refractivity contribution in [2.75, 3.05) is 0 Å². The Labute approximate surface area is 126 Å². The van der Waals surface area contributed by atoms with E-state index in [0.717, 1.165) is 16.5 Å². The minimum atomic E-state index is -1.07. The lowest BCUT2D eigenvalue weighted by atomic mass is 10.0. The first-order chi connectivity index (χ1) is 10.5. The van der Waals surface area contributed by atoms with Crippen LogP contribution in [0.5, 0.6) is 0 Å². The topological polar surface area (TPSA) is 125 Å². The van der Waals surface area contributed by atoms with Crippen LogP contribution >= 0.6 is 0 Å². The quantitative estimate of drug-likeness (QED) is 0.595. The summed E-state index contributed by atoms with van der Waals surface area (Å²) in [5.74, 6) is -2.23. The molecule has 0 saturated carbocycles. The number of carbonyl (C=O) groups is 3. The van der Waals surface area contributed by atoms with Gasteiger partial charge in [-0.3, -0.25) is 14.4 Å². The zero-order chi connectivity index (χ0) is 16.1. The van der Waals surface area contributed by atoms with Crippen LogP contribution in [-0.4, -0.2) is 33.9 Å². The largest absolute Gasteiger partial charge is 0.481 e. The Morgan fingerprint density at radius 1 is 1.23 bits per heavy atom. The molecule has 1 heterocycles. The van der Waals surface area contributed by atoms with E-state index in [-0.39, 0.29) is 19.3 Å². The third-order valence-electron chi connectivity index (χ3n) is 3.34. The molecule has 1 atom stereocenters. The van der Waals surface area contributed by atoms with Crippen molar-refractivity contribution in [2.24, 2.45) is 5.73 Å². The van der Waals surface area contributed by atoms with E-state index in [9.17, 15) is 14.4 Å². The molecule has 7 heteroatoms. The SMILES string of the molecule is NC(=O)C(Cc1c[nH]c2ccccc12)NC(=O)CCC(=O)O. The molecule has 7 nitrogen and oxygen atoms in total. The second kappa shape index (κ2) is 6.75. The Balaban J connectivity index is 2.07. The molecule has 0 bridgehead atoms. The number of amides is 2. The average Bonchev–Trinajstić information content (AvgIpc) is 2.87. The van der Waals surface area contributed by atoms with Crippen LogP contribution in [0.25, 0.3) is 10.9 Å². The third-order valence-corrected chi connectivity index (χ3v) is 3.34. The van der Waals surface area contributed by atoms with Crippen LogP contribution in [-0.2, 0) is 20.8 Å². The zero-order valence-electron chi connectivity index (χ0n) is 11.8. The first-order valence-electron chi connectivity index (χ1n) is 6.83. The summed E-state index contributed by atoms with van der Waals surface area (Å²) >= 11 is 0. The standard InChI is InChI=1S/C15H17N3O4/c16-15(22)12(18-13(19)5-6-14(20)21)7-9-8-17-11-4-2-1-3-10(9)11/h1-4,8,12,17H,5-7H2,(H2,16,22)(H,18,19)(H,20,21). The van der Waals surface area contributed by atoms with Crippen LogP contribution in [0.2, 0.25) is 0 Å². The van der Waals surface area contributed by atoms with Crippen LogP contribution in [0.15, 0.2) is 30.5 Å². The highest BCUT2D eigenvalue weighted by Crippen LogP contribution is 2.19. The molecule has 2 rings (SSSR count). The minimum Gasteiger partial charge on any atom is -0.481 e. The number of hydrogen-bond donors (Lipinski definition) is 4. The molecular weight excluding hydrogens is 286 g/mol. The van der Waals surface area contributed by atoms with Gasteiger partial charge in [0, 0.05) is 29.9 Å². The molecule has 1 unspecified atom stereocenters. The van der Waals surface area contributed by atoms with Gasteiger partial charge in [0.15, 0.2) is 0 Å². The summed E-state index contributed by atoms with van der Waals surface area (Å²) in [4.78, 5) is 36.7. The number of fused-ring (bicyclic) bond motifs is 1. The van der Waals surface area contributed by atoms with Crippen molar-refractivity contribution in [3.8, 4) is 0 Å². The third kappa shape index (κ3) is 3.85. The van der Waals surface area contributed by atoms with Crippen molar-refractivity contribution in [1.29, 1.82) is 0 Å². The summed E-state index contributed by atoms with van der Waals surface area (Å²) in [5, 5.41) is 12.0. The van der Waals surface area contributed by atoms with Crippen molar-refractivity contribution in [3.63, 3.8) is 0 Å². The predicted molar refractivity (Wildman–Crippen MR) is 80.0 cm³/mol. The van der Waals surface area contributed by atoms with Gasteiger partial charge in [0.1, 0.15) is 6.04 Å². The fraction of sp³-hybridized carbons (Fsp3) is 0.267. The Bertz CT molecular complexity index is 708.